The van der Waals surface area contributed by atoms with Gasteiger partial charge in [-0.3, -0.25) is 0 Å². The average Bonchev–Trinajstić information content (AvgIpc) is 2.86. The van der Waals surface area contributed by atoms with Gasteiger partial charge in [0, 0.05) is 0 Å². The van der Waals surface area contributed by atoms with Crippen molar-refractivity contribution >= 4 is 11.9 Å². The minimum Gasteiger partial charge on any atom is -0.508 e. The first-order chi connectivity index (χ1) is 16.8. The fourth-order valence-electron chi connectivity index (χ4n) is 3.53. The van der Waals surface area contributed by atoms with Crippen LogP contribution in [0.1, 0.15) is 31.8 Å². The van der Waals surface area contributed by atoms with Crippen molar-refractivity contribution < 1.29 is 28.9 Å². The Morgan fingerprint density at radius 2 is 1.06 bits per heavy atom. The van der Waals surface area contributed by atoms with Gasteiger partial charge in [0.2, 0.25) is 0 Å². The smallest absolute Gasteiger partial charge is 0.343 e. The predicted octanol–water partition coefficient (Wildman–Crippen LogP) is 6.12. The number of rotatable bonds is 6. The van der Waals surface area contributed by atoms with Gasteiger partial charge in [-0.2, -0.15) is 0 Å². The van der Waals surface area contributed by atoms with Crippen molar-refractivity contribution in [1.82, 2.24) is 0 Å². The molecule has 35 heavy (non-hydrogen) atoms. The molecule has 4 rings (SSSR count). The third-order valence-electron chi connectivity index (χ3n) is 5.52. The van der Waals surface area contributed by atoms with Crippen molar-refractivity contribution in [2.45, 2.75) is 13.8 Å². The van der Waals surface area contributed by atoms with Gasteiger partial charge < -0.3 is 19.3 Å². The van der Waals surface area contributed by atoms with E-state index in [2.05, 4.69) is 0 Å². The summed E-state index contributed by atoms with van der Waals surface area (Å²) in [6.45, 7) is 3.74. The Bertz CT molecular complexity index is 1370. The second-order valence-electron chi connectivity index (χ2n) is 8.01. The quantitative estimate of drug-likeness (QED) is 0.271. The van der Waals surface area contributed by atoms with E-state index in [1.807, 2.05) is 38.1 Å². The standard InChI is InChI=1S/C29H24O6/c1-18-16-22(8-14-26(18)34-28(31)20-4-10-24(30)11-5-20)23-9-15-27(19(2)17-23)35-29(32)21-6-12-25(33-3)13-7-21/h4-17,30H,1-3H3. The molecule has 4 aromatic carbocycles. The molecule has 0 saturated heterocycles. The molecule has 0 aliphatic rings. The minimum atomic E-state index is -0.500. The monoisotopic (exact) mass is 468 g/mol. The van der Waals surface area contributed by atoms with E-state index in [0.29, 0.717) is 28.4 Å². The van der Waals surface area contributed by atoms with Crippen molar-refractivity contribution in [3.05, 3.63) is 107 Å². The number of phenolic OH excluding ortho intramolecular Hbond substituents is 1. The molecule has 0 aromatic heterocycles. The Morgan fingerprint density at radius 3 is 1.46 bits per heavy atom. The normalized spacial score (nSPS) is 10.5. The van der Waals surface area contributed by atoms with E-state index >= 15 is 0 Å². The molecule has 0 fully saturated rings. The van der Waals surface area contributed by atoms with Crippen LogP contribution in [0.25, 0.3) is 11.1 Å². The van der Waals surface area contributed by atoms with Gasteiger partial charge in [0.15, 0.2) is 0 Å². The number of ether oxygens (including phenoxy) is 3. The molecule has 0 saturated carbocycles. The molecule has 0 atom stereocenters. The Balaban J connectivity index is 1.47. The van der Waals surface area contributed by atoms with Gasteiger partial charge in [-0.25, -0.2) is 9.59 Å². The van der Waals surface area contributed by atoms with Crippen LogP contribution in [-0.2, 0) is 0 Å². The number of esters is 2. The molecule has 0 aliphatic heterocycles. The lowest BCUT2D eigenvalue weighted by Gasteiger charge is -2.12. The summed E-state index contributed by atoms with van der Waals surface area (Å²) < 4.78 is 16.2. The molecule has 1 N–H and O–H groups in total. The number of carbonyl (C=O) groups excluding carboxylic acids is 2. The summed E-state index contributed by atoms with van der Waals surface area (Å²) in [7, 11) is 1.57. The number of aromatic hydroxyl groups is 1. The Morgan fingerprint density at radius 1 is 0.629 bits per heavy atom. The summed E-state index contributed by atoms with van der Waals surface area (Å²) in [6, 6.07) is 23.7. The SMILES string of the molecule is COc1ccc(C(=O)Oc2ccc(-c3ccc(OC(=O)c4ccc(O)cc4)c(C)c3)cc2C)cc1. The largest absolute Gasteiger partial charge is 0.508 e. The minimum absolute atomic E-state index is 0.0823. The second kappa shape index (κ2) is 10.1. The van der Waals surface area contributed by atoms with E-state index in [-0.39, 0.29) is 5.75 Å². The number of hydrogen-bond acceptors (Lipinski definition) is 6. The first-order valence-corrected chi connectivity index (χ1v) is 10.9. The van der Waals surface area contributed by atoms with E-state index < -0.39 is 11.9 Å². The van der Waals surface area contributed by atoms with Crippen LogP contribution in [0.2, 0.25) is 0 Å². The summed E-state index contributed by atoms with van der Waals surface area (Å²) in [6.07, 6.45) is 0. The van der Waals surface area contributed by atoms with Crippen LogP contribution in [0.15, 0.2) is 84.9 Å². The molecule has 6 nitrogen and oxygen atoms in total. The van der Waals surface area contributed by atoms with E-state index in [1.165, 1.54) is 24.3 Å². The van der Waals surface area contributed by atoms with Gasteiger partial charge in [-0.05, 0) is 109 Å². The molecular weight excluding hydrogens is 444 g/mol. The van der Waals surface area contributed by atoms with Crippen molar-refractivity contribution in [3.63, 3.8) is 0 Å². The number of methoxy groups -OCH3 is 1. The molecule has 0 heterocycles. The topological polar surface area (TPSA) is 82.1 Å². The zero-order chi connectivity index (χ0) is 24.9. The van der Waals surface area contributed by atoms with Crippen molar-refractivity contribution in [1.29, 1.82) is 0 Å². The third-order valence-corrected chi connectivity index (χ3v) is 5.52. The van der Waals surface area contributed by atoms with Crippen LogP contribution in [0, 0.1) is 13.8 Å². The number of carbonyl (C=O) groups is 2. The molecule has 0 aliphatic carbocycles. The maximum Gasteiger partial charge on any atom is 0.343 e. The summed E-state index contributed by atoms with van der Waals surface area (Å²) in [4.78, 5) is 24.9. The lowest BCUT2D eigenvalue weighted by Crippen LogP contribution is -2.09. The number of hydrogen-bond donors (Lipinski definition) is 1. The summed E-state index contributed by atoms with van der Waals surface area (Å²) in [5.74, 6) is 0.732. The van der Waals surface area contributed by atoms with E-state index in [0.717, 1.165) is 22.3 Å². The van der Waals surface area contributed by atoms with E-state index in [4.69, 9.17) is 14.2 Å². The highest BCUT2D eigenvalue weighted by Crippen LogP contribution is 2.30. The van der Waals surface area contributed by atoms with Gasteiger partial charge in [0.1, 0.15) is 23.0 Å². The summed E-state index contributed by atoms with van der Waals surface area (Å²) >= 11 is 0. The first kappa shape index (κ1) is 23.6. The predicted molar refractivity (Wildman–Crippen MR) is 132 cm³/mol. The number of benzene rings is 4. The highest BCUT2D eigenvalue weighted by molar-refractivity contribution is 5.92. The van der Waals surface area contributed by atoms with E-state index in [9.17, 15) is 14.7 Å². The highest BCUT2D eigenvalue weighted by Gasteiger charge is 2.14. The lowest BCUT2D eigenvalue weighted by molar-refractivity contribution is 0.0724. The molecule has 0 amide bonds. The molecule has 4 aromatic rings. The maximum atomic E-state index is 12.5. The van der Waals surface area contributed by atoms with Crippen molar-refractivity contribution in [2.75, 3.05) is 7.11 Å². The van der Waals surface area contributed by atoms with Gasteiger partial charge >= 0.3 is 11.9 Å². The van der Waals surface area contributed by atoms with Crippen LogP contribution >= 0.6 is 0 Å². The highest BCUT2D eigenvalue weighted by atomic mass is 16.5. The second-order valence-corrected chi connectivity index (χ2v) is 8.01. The molecule has 176 valence electrons. The van der Waals surface area contributed by atoms with Crippen LogP contribution < -0.4 is 14.2 Å². The summed E-state index contributed by atoms with van der Waals surface area (Å²) in [5, 5.41) is 9.38. The molecular formula is C29H24O6. The number of phenols is 1. The zero-order valence-corrected chi connectivity index (χ0v) is 19.6. The first-order valence-electron chi connectivity index (χ1n) is 10.9. The Hall–Kier alpha value is -4.58. The fourth-order valence-corrected chi connectivity index (χ4v) is 3.53. The Labute approximate surface area is 203 Å². The average molecular weight is 469 g/mol. The molecule has 0 spiro atoms. The number of aryl methyl sites for hydroxylation is 2. The van der Waals surface area contributed by atoms with Crippen LogP contribution in [-0.4, -0.2) is 24.2 Å². The fraction of sp³-hybridized carbons (Fsp3) is 0.103. The van der Waals surface area contributed by atoms with Crippen molar-refractivity contribution in [2.24, 2.45) is 0 Å². The van der Waals surface area contributed by atoms with Crippen LogP contribution in [0.3, 0.4) is 0 Å². The van der Waals surface area contributed by atoms with Gasteiger partial charge in [-0.15, -0.1) is 0 Å². The molecule has 6 heteroatoms. The van der Waals surface area contributed by atoms with Gasteiger partial charge in [0.25, 0.3) is 0 Å². The van der Waals surface area contributed by atoms with E-state index in [1.54, 1.807) is 43.5 Å². The van der Waals surface area contributed by atoms with Gasteiger partial charge in [-0.1, -0.05) is 12.1 Å². The van der Waals surface area contributed by atoms with Crippen molar-refractivity contribution in [3.8, 4) is 34.1 Å². The van der Waals surface area contributed by atoms with Crippen LogP contribution in [0.5, 0.6) is 23.0 Å². The molecule has 0 unspecified atom stereocenters. The zero-order valence-electron chi connectivity index (χ0n) is 19.6. The third kappa shape index (κ3) is 5.50. The van der Waals surface area contributed by atoms with Crippen LogP contribution in [0.4, 0.5) is 0 Å². The molecule has 0 radical (unpaired) electrons. The summed E-state index contributed by atoms with van der Waals surface area (Å²) in [5.41, 5.74) is 4.26. The molecule has 0 bridgehead atoms. The lowest BCUT2D eigenvalue weighted by atomic mass is 10.0. The Kier molecular flexibility index (Phi) is 6.83. The maximum absolute atomic E-state index is 12.5. The van der Waals surface area contributed by atoms with Gasteiger partial charge in [0.05, 0.1) is 18.2 Å².